The van der Waals surface area contributed by atoms with Crippen LogP contribution in [-0.4, -0.2) is 74.0 Å². The van der Waals surface area contributed by atoms with E-state index >= 15 is 0 Å². The summed E-state index contributed by atoms with van der Waals surface area (Å²) >= 11 is 0. The van der Waals surface area contributed by atoms with Crippen LogP contribution >= 0.6 is 16.5 Å². The smallest absolute Gasteiger partial charge is 0.453 e. The summed E-state index contributed by atoms with van der Waals surface area (Å²) in [5.74, 6) is -3.21. The van der Waals surface area contributed by atoms with E-state index in [2.05, 4.69) is 69.8 Å². The highest BCUT2D eigenvalue weighted by Gasteiger charge is 2.33. The molecule has 0 radical (unpaired) electrons. The summed E-state index contributed by atoms with van der Waals surface area (Å²) in [6.45, 7) is 14.5. The van der Waals surface area contributed by atoms with Crippen molar-refractivity contribution in [3.8, 4) is 11.5 Å². The molecule has 0 aliphatic heterocycles. The molecule has 20 heteroatoms. The summed E-state index contributed by atoms with van der Waals surface area (Å²) < 4.78 is 48.1. The van der Waals surface area contributed by atoms with E-state index in [4.69, 9.17) is 35.3 Å². The second-order valence-electron chi connectivity index (χ2n) is 24.6. The van der Waals surface area contributed by atoms with Crippen molar-refractivity contribution in [1.29, 1.82) is 0 Å². The molecule has 2 aromatic heterocycles. The van der Waals surface area contributed by atoms with Crippen LogP contribution in [0.4, 0.5) is 0 Å². The van der Waals surface area contributed by atoms with Gasteiger partial charge in [0.05, 0.1) is 14.2 Å². The number of carbonyl (C=O) groups is 6. The Morgan fingerprint density at radius 1 is 0.333 bits per heavy atom. The van der Waals surface area contributed by atoms with Gasteiger partial charge in [-0.2, -0.15) is 0 Å². The summed E-state index contributed by atoms with van der Waals surface area (Å²) in [4.78, 5) is 77.8. The lowest BCUT2D eigenvalue weighted by Crippen LogP contribution is -2.55. The molecule has 0 unspecified atom stereocenters. The third-order valence-electron chi connectivity index (χ3n) is 16.6. The molecule has 2 heterocycles. The standard InChI is InChI=1S/2C38H37N2O7P/c2*1-22(2)34(37(42)40-35(23(3)4)38(43)44-5)39-36(41)26-13-10-14-27(21-26)45-48-46-30-19-17-24-11-6-8-15-28(24)32(30)33-29-16-9-7-12-25(29)18-20-31(33)47-48/h2*6-23,34-35H,1-5H3,(H,39,41)(H,40,42)/t2*34-,35-/m00/s1. The fourth-order valence-corrected chi connectivity index (χ4v) is 13.6. The van der Waals surface area contributed by atoms with E-state index in [0.717, 1.165) is 64.6 Å². The molecule has 0 aliphatic rings. The lowest BCUT2D eigenvalue weighted by atomic mass is 9.99. The number of amides is 4. The van der Waals surface area contributed by atoms with E-state index in [1.54, 1.807) is 76.2 Å². The van der Waals surface area contributed by atoms with Crippen molar-refractivity contribution in [3.05, 3.63) is 205 Å². The first-order chi connectivity index (χ1) is 46.3. The Morgan fingerprint density at radius 3 is 0.885 bits per heavy atom. The molecule has 492 valence electrons. The first kappa shape index (κ1) is 66.9. The Hall–Kier alpha value is -10.5. The highest BCUT2D eigenvalue weighted by Crippen LogP contribution is 2.44. The number of ether oxygens (including phenoxy) is 2. The minimum absolute atomic E-state index is 0.203. The van der Waals surface area contributed by atoms with E-state index in [0.29, 0.717) is 33.8 Å². The third-order valence-corrected chi connectivity index (χ3v) is 18.7. The van der Waals surface area contributed by atoms with Crippen LogP contribution in [0.2, 0.25) is 0 Å². The van der Waals surface area contributed by atoms with Crippen LogP contribution in [0.3, 0.4) is 0 Å². The SMILES string of the molecule is COC(=O)[C@@H](NC(=O)[C@@H](NC(=O)c1cccc(Op2oc3ccc4ccccc4c3c3c(ccc4ccccc43)o2)c1)C(C)C)C(C)C.COC(=O)[C@@H](NC(=O)[C@@H](NC(=O)c1cccc(Op2oc3ccc4ccccc4c3c3c(ccc4ccccc43)o2)c1)C(C)C)C(C)C. The first-order valence-electron chi connectivity index (χ1n) is 31.6. The van der Waals surface area contributed by atoms with Crippen molar-refractivity contribution in [3.63, 3.8) is 0 Å². The minimum atomic E-state index is -1.99. The van der Waals surface area contributed by atoms with Crippen LogP contribution in [0.25, 0.3) is 87.0 Å². The fraction of sp³-hybridized carbons (Fsp3) is 0.237. The maximum absolute atomic E-state index is 13.5. The molecule has 4 N–H and O–H groups in total. The molecule has 0 aliphatic carbocycles. The van der Waals surface area contributed by atoms with Crippen LogP contribution in [0.1, 0.15) is 76.1 Å². The van der Waals surface area contributed by atoms with Gasteiger partial charge in [-0.25, -0.2) is 9.59 Å². The van der Waals surface area contributed by atoms with E-state index in [9.17, 15) is 28.8 Å². The monoisotopic (exact) mass is 1330 g/mol. The number of benzene rings is 10. The van der Waals surface area contributed by atoms with E-state index in [1.807, 2.05) is 125 Å². The molecular formula is C76H74N4O14P2. The van der Waals surface area contributed by atoms with Crippen molar-refractivity contribution in [2.24, 2.45) is 23.7 Å². The molecule has 0 saturated heterocycles. The van der Waals surface area contributed by atoms with Gasteiger partial charge in [-0.05, 0) is 127 Å². The molecule has 18 nitrogen and oxygen atoms in total. The van der Waals surface area contributed by atoms with Gasteiger partial charge in [-0.1, -0.05) is 189 Å². The molecular weight excluding hydrogens is 1250 g/mol. The van der Waals surface area contributed by atoms with Crippen LogP contribution in [0.5, 0.6) is 11.5 Å². The summed E-state index contributed by atoms with van der Waals surface area (Å²) in [5.41, 5.74) is 3.06. The van der Waals surface area contributed by atoms with Crippen molar-refractivity contribution in [1.82, 2.24) is 21.3 Å². The van der Waals surface area contributed by atoms with E-state index in [1.165, 1.54) is 14.2 Å². The second kappa shape index (κ2) is 29.4. The number of hydrogen-bond acceptors (Lipinski definition) is 14. The second-order valence-corrected chi connectivity index (χ2v) is 26.6. The van der Waals surface area contributed by atoms with Gasteiger partial charge >= 0.3 is 28.4 Å². The predicted molar refractivity (Wildman–Crippen MR) is 377 cm³/mol. The van der Waals surface area contributed by atoms with Crippen molar-refractivity contribution < 1.29 is 64.1 Å². The number of fused-ring (bicyclic) bond motifs is 14. The largest absolute Gasteiger partial charge is 0.467 e. The molecule has 4 atom stereocenters. The summed E-state index contributed by atoms with van der Waals surface area (Å²) in [6.07, 6.45) is 0. The number of hydrogen-bond donors (Lipinski definition) is 4. The van der Waals surface area contributed by atoms with Crippen molar-refractivity contribution >= 4 is 139 Å². The van der Waals surface area contributed by atoms with Gasteiger partial charge in [-0.15, -0.1) is 0 Å². The van der Waals surface area contributed by atoms with Gasteiger partial charge in [0.15, 0.2) is 0 Å². The van der Waals surface area contributed by atoms with Crippen LogP contribution in [0.15, 0.2) is 211 Å². The number of nitrogens with one attached hydrogen (secondary N) is 4. The average Bonchev–Trinajstić information content (AvgIpc) is 1.41. The molecule has 4 amide bonds. The van der Waals surface area contributed by atoms with E-state index in [-0.39, 0.29) is 34.8 Å². The average molecular weight is 1330 g/mol. The van der Waals surface area contributed by atoms with Gasteiger partial charge in [0.1, 0.15) is 58.0 Å². The van der Waals surface area contributed by atoms with E-state index < -0.39 is 76.2 Å². The van der Waals surface area contributed by atoms with Gasteiger partial charge < -0.3 is 56.6 Å². The number of methoxy groups -OCH3 is 2. The normalized spacial score (nSPS) is 12.7. The zero-order chi connectivity index (χ0) is 67.9. The Morgan fingerprint density at radius 2 is 0.615 bits per heavy atom. The first-order valence-corrected chi connectivity index (χ1v) is 33.8. The van der Waals surface area contributed by atoms with Crippen LogP contribution in [0, 0.1) is 23.7 Å². The lowest BCUT2D eigenvalue weighted by molar-refractivity contribution is -0.147. The molecule has 0 fully saturated rings. The predicted octanol–water partition coefficient (Wildman–Crippen LogP) is 17.0. The van der Waals surface area contributed by atoms with Gasteiger partial charge in [-0.3, -0.25) is 19.2 Å². The molecule has 12 rings (SSSR count). The highest BCUT2D eigenvalue weighted by atomic mass is 31.1. The Balaban J connectivity index is 0.000000195. The Labute approximate surface area is 555 Å². The molecule has 10 aromatic carbocycles. The van der Waals surface area contributed by atoms with Gasteiger partial charge in [0.25, 0.3) is 11.8 Å². The molecule has 0 bridgehead atoms. The summed E-state index contributed by atoms with van der Waals surface area (Å²) in [7, 11) is -1.44. The minimum Gasteiger partial charge on any atom is -0.467 e. The van der Waals surface area contributed by atoms with Crippen molar-refractivity contribution in [2.75, 3.05) is 14.2 Å². The number of carbonyl (C=O) groups excluding carboxylic acids is 6. The maximum atomic E-state index is 13.5. The molecule has 96 heavy (non-hydrogen) atoms. The van der Waals surface area contributed by atoms with Crippen molar-refractivity contribution in [2.45, 2.75) is 79.6 Å². The third kappa shape index (κ3) is 14.6. The lowest BCUT2D eigenvalue weighted by Gasteiger charge is -2.26. The van der Waals surface area contributed by atoms with Crippen LogP contribution in [-0.2, 0) is 28.7 Å². The molecule has 0 saturated carbocycles. The topological polar surface area (TPSA) is 240 Å². The zero-order valence-corrected chi connectivity index (χ0v) is 56.5. The number of esters is 2. The van der Waals surface area contributed by atoms with Gasteiger partial charge in [0.2, 0.25) is 11.8 Å². The quantitative estimate of drug-likeness (QED) is 0.0585. The van der Waals surface area contributed by atoms with Gasteiger partial charge in [0, 0.05) is 32.7 Å². The zero-order valence-electron chi connectivity index (χ0n) is 54.7. The maximum Gasteiger partial charge on any atom is 0.453 e. The highest BCUT2D eigenvalue weighted by molar-refractivity contribution is 7.32. The van der Waals surface area contributed by atoms with Crippen LogP contribution < -0.4 is 30.3 Å². The molecule has 0 spiro atoms. The fourth-order valence-electron chi connectivity index (χ4n) is 11.6. The Kier molecular flexibility index (Phi) is 20.5. The summed E-state index contributed by atoms with van der Waals surface area (Å²) in [6, 6.07) is 58.1. The number of rotatable bonds is 18. The Bertz CT molecular complexity index is 4530. The molecule has 12 aromatic rings. The summed E-state index contributed by atoms with van der Waals surface area (Å²) in [5, 5.41) is 23.2.